The molecule has 5 heteroatoms. The quantitative estimate of drug-likeness (QED) is 0.731. The van der Waals surface area contributed by atoms with Gasteiger partial charge >= 0.3 is 0 Å². The molecule has 0 aromatic rings. The van der Waals surface area contributed by atoms with Crippen LogP contribution in [0.1, 0.15) is 38.5 Å². The predicted molar refractivity (Wildman–Crippen MR) is 59.8 cm³/mol. The van der Waals surface area contributed by atoms with Crippen LogP contribution in [-0.4, -0.2) is 24.1 Å². The topological polar surface area (TPSA) is 70.6 Å². The summed E-state index contributed by atoms with van der Waals surface area (Å²) in [5.74, 6) is 0.540. The predicted octanol–water partition coefficient (Wildman–Crippen LogP) is 0.559. The van der Waals surface area contributed by atoms with Crippen molar-refractivity contribution in [3.63, 3.8) is 0 Å². The number of rotatable bonds is 4. The molecule has 2 amide bonds. The second-order valence-corrected chi connectivity index (χ2v) is 4.43. The Hall–Kier alpha value is -1.39. The molecule has 0 unspecified atom stereocenters. The van der Waals surface area contributed by atoms with Crippen LogP contribution in [0.15, 0.2) is 5.10 Å². The number of hydrogen-bond donors (Lipinski definition) is 2. The van der Waals surface area contributed by atoms with Crippen molar-refractivity contribution in [2.45, 2.75) is 38.5 Å². The van der Waals surface area contributed by atoms with Crippen molar-refractivity contribution in [1.29, 1.82) is 0 Å². The van der Waals surface area contributed by atoms with Gasteiger partial charge in [0.05, 0.1) is 0 Å². The SMILES string of the molecule is O=C1CCC(C(=O)NCCC2CCC2)=NN1. The normalized spacial score (nSPS) is 20.8. The van der Waals surface area contributed by atoms with Crippen molar-refractivity contribution in [3.8, 4) is 0 Å². The lowest BCUT2D eigenvalue weighted by molar-refractivity contribution is -0.121. The summed E-state index contributed by atoms with van der Waals surface area (Å²) in [5, 5.41) is 6.59. The Morgan fingerprint density at radius 3 is 2.81 bits per heavy atom. The van der Waals surface area contributed by atoms with Crippen LogP contribution in [-0.2, 0) is 9.59 Å². The summed E-state index contributed by atoms with van der Waals surface area (Å²) in [6, 6.07) is 0. The van der Waals surface area contributed by atoms with E-state index in [2.05, 4.69) is 15.8 Å². The second kappa shape index (κ2) is 5.09. The van der Waals surface area contributed by atoms with Gasteiger partial charge in [0.25, 0.3) is 5.91 Å². The van der Waals surface area contributed by atoms with Gasteiger partial charge in [0, 0.05) is 19.4 Å². The zero-order valence-corrected chi connectivity index (χ0v) is 9.29. The molecule has 1 fully saturated rings. The average Bonchev–Trinajstić information content (AvgIpc) is 2.22. The standard InChI is InChI=1S/C11H17N3O2/c15-10-5-4-9(13-14-10)11(16)12-7-6-8-2-1-3-8/h8H,1-7H2,(H,12,16)(H,14,15). The lowest BCUT2D eigenvalue weighted by Crippen LogP contribution is -2.37. The van der Waals surface area contributed by atoms with E-state index in [1.165, 1.54) is 19.3 Å². The zero-order chi connectivity index (χ0) is 11.4. The number of hydrogen-bond acceptors (Lipinski definition) is 3. The zero-order valence-electron chi connectivity index (χ0n) is 9.29. The van der Waals surface area contributed by atoms with E-state index in [1.807, 2.05) is 0 Å². The molecule has 0 spiro atoms. The highest BCUT2D eigenvalue weighted by molar-refractivity contribution is 6.39. The van der Waals surface area contributed by atoms with Crippen LogP contribution in [0, 0.1) is 5.92 Å². The lowest BCUT2D eigenvalue weighted by atomic mass is 9.83. The number of carbonyl (C=O) groups is 2. The molecule has 2 rings (SSSR count). The molecule has 0 atom stereocenters. The fraction of sp³-hybridized carbons (Fsp3) is 0.727. The highest BCUT2D eigenvalue weighted by Gasteiger charge is 2.20. The molecule has 1 aliphatic heterocycles. The largest absolute Gasteiger partial charge is 0.351 e. The molecule has 5 nitrogen and oxygen atoms in total. The summed E-state index contributed by atoms with van der Waals surface area (Å²) in [7, 11) is 0. The number of nitrogens with one attached hydrogen (secondary N) is 2. The molecule has 1 aliphatic carbocycles. The Bertz CT molecular complexity index is 321. The van der Waals surface area contributed by atoms with Crippen LogP contribution in [0.5, 0.6) is 0 Å². The highest BCUT2D eigenvalue weighted by atomic mass is 16.2. The van der Waals surface area contributed by atoms with Crippen LogP contribution >= 0.6 is 0 Å². The summed E-state index contributed by atoms with van der Waals surface area (Å²) < 4.78 is 0. The van der Waals surface area contributed by atoms with Crippen LogP contribution in [0.4, 0.5) is 0 Å². The monoisotopic (exact) mass is 223 g/mol. The molecule has 1 saturated carbocycles. The Labute approximate surface area is 94.7 Å². The van der Waals surface area contributed by atoms with E-state index >= 15 is 0 Å². The first kappa shape index (κ1) is 11.1. The number of carbonyl (C=O) groups excluding carboxylic acids is 2. The maximum Gasteiger partial charge on any atom is 0.267 e. The van der Waals surface area contributed by atoms with Crippen LogP contribution in [0.25, 0.3) is 0 Å². The summed E-state index contributed by atoms with van der Waals surface area (Å²) in [6.07, 6.45) is 5.79. The molecule has 16 heavy (non-hydrogen) atoms. The molecule has 1 heterocycles. The molecular weight excluding hydrogens is 206 g/mol. The molecule has 88 valence electrons. The van der Waals surface area contributed by atoms with Crippen molar-refractivity contribution in [2.75, 3.05) is 6.54 Å². The van der Waals surface area contributed by atoms with Gasteiger partial charge in [-0.15, -0.1) is 0 Å². The van der Waals surface area contributed by atoms with Crippen LogP contribution in [0.2, 0.25) is 0 Å². The van der Waals surface area contributed by atoms with Gasteiger partial charge in [0.15, 0.2) is 0 Å². The molecule has 2 aliphatic rings. The van der Waals surface area contributed by atoms with E-state index in [9.17, 15) is 9.59 Å². The molecule has 0 saturated heterocycles. The first-order chi connectivity index (χ1) is 7.75. The summed E-state index contributed by atoms with van der Waals surface area (Å²) in [4.78, 5) is 22.4. The fourth-order valence-electron chi connectivity index (χ4n) is 1.91. The summed E-state index contributed by atoms with van der Waals surface area (Å²) in [6.45, 7) is 0.719. The molecule has 0 bridgehead atoms. The van der Waals surface area contributed by atoms with E-state index in [4.69, 9.17) is 0 Å². The maximum atomic E-state index is 11.6. The smallest absolute Gasteiger partial charge is 0.267 e. The molecule has 0 aromatic carbocycles. The number of nitrogens with zero attached hydrogens (tertiary/aromatic N) is 1. The van der Waals surface area contributed by atoms with Crippen molar-refractivity contribution in [2.24, 2.45) is 11.0 Å². The van der Waals surface area contributed by atoms with Gasteiger partial charge in [-0.3, -0.25) is 9.59 Å². The lowest BCUT2D eigenvalue weighted by Gasteiger charge is -2.25. The molecule has 2 N–H and O–H groups in total. The van der Waals surface area contributed by atoms with E-state index in [-0.39, 0.29) is 11.8 Å². The van der Waals surface area contributed by atoms with Crippen LogP contribution < -0.4 is 10.7 Å². The Kier molecular flexibility index (Phi) is 3.54. The van der Waals surface area contributed by atoms with Gasteiger partial charge in [-0.1, -0.05) is 19.3 Å². The van der Waals surface area contributed by atoms with Gasteiger partial charge in [0.2, 0.25) is 5.91 Å². The second-order valence-electron chi connectivity index (χ2n) is 4.43. The third-order valence-corrected chi connectivity index (χ3v) is 3.23. The Morgan fingerprint density at radius 2 is 2.25 bits per heavy atom. The average molecular weight is 223 g/mol. The molecular formula is C11H17N3O2. The molecule has 0 radical (unpaired) electrons. The Balaban J connectivity index is 1.68. The first-order valence-electron chi connectivity index (χ1n) is 5.89. The number of hydrazone groups is 1. The van der Waals surface area contributed by atoms with Crippen molar-refractivity contribution >= 4 is 17.5 Å². The highest BCUT2D eigenvalue weighted by Crippen LogP contribution is 2.28. The van der Waals surface area contributed by atoms with Crippen LogP contribution in [0.3, 0.4) is 0 Å². The number of amides is 2. The van der Waals surface area contributed by atoms with Gasteiger partial charge in [0.1, 0.15) is 5.71 Å². The first-order valence-corrected chi connectivity index (χ1v) is 5.89. The van der Waals surface area contributed by atoms with E-state index in [1.54, 1.807) is 0 Å². The van der Waals surface area contributed by atoms with Gasteiger partial charge < -0.3 is 5.32 Å². The Morgan fingerprint density at radius 1 is 1.44 bits per heavy atom. The van der Waals surface area contributed by atoms with Gasteiger partial charge in [-0.25, -0.2) is 5.43 Å². The fourth-order valence-corrected chi connectivity index (χ4v) is 1.91. The van der Waals surface area contributed by atoms with E-state index in [0.717, 1.165) is 18.9 Å². The summed E-state index contributed by atoms with van der Waals surface area (Å²) >= 11 is 0. The van der Waals surface area contributed by atoms with Crippen molar-refractivity contribution in [1.82, 2.24) is 10.7 Å². The van der Waals surface area contributed by atoms with E-state index in [0.29, 0.717) is 18.6 Å². The van der Waals surface area contributed by atoms with E-state index < -0.39 is 0 Å². The minimum atomic E-state index is -0.140. The van der Waals surface area contributed by atoms with Crippen molar-refractivity contribution in [3.05, 3.63) is 0 Å². The molecule has 0 aromatic heterocycles. The van der Waals surface area contributed by atoms with Gasteiger partial charge in [-0.2, -0.15) is 5.10 Å². The maximum absolute atomic E-state index is 11.6. The van der Waals surface area contributed by atoms with Crippen molar-refractivity contribution < 1.29 is 9.59 Å². The summed E-state index contributed by atoms with van der Waals surface area (Å²) in [5.41, 5.74) is 2.76. The third kappa shape index (κ3) is 2.81. The minimum Gasteiger partial charge on any atom is -0.351 e. The van der Waals surface area contributed by atoms with Gasteiger partial charge in [-0.05, 0) is 12.3 Å². The minimum absolute atomic E-state index is 0.119. The third-order valence-electron chi connectivity index (χ3n) is 3.23.